The second-order valence-corrected chi connectivity index (χ2v) is 5.45. The lowest BCUT2D eigenvalue weighted by molar-refractivity contribution is -0.147. The van der Waals surface area contributed by atoms with Gasteiger partial charge in [-0.05, 0) is 32.8 Å². The van der Waals surface area contributed by atoms with Crippen molar-refractivity contribution in [3.05, 3.63) is 35.4 Å². The Hall–Kier alpha value is -1.84. The van der Waals surface area contributed by atoms with Crippen LogP contribution in [0.4, 0.5) is 0 Å². The number of rotatable bonds is 6. The highest BCUT2D eigenvalue weighted by Crippen LogP contribution is 2.22. The summed E-state index contributed by atoms with van der Waals surface area (Å²) in [5.41, 5.74) is 1.36. The number of carboxylic acids is 1. The SMILES string of the molecule is Cc1ccc(CNC(=O)CCC(C)(C)C(=O)O)cc1. The molecule has 4 heteroatoms. The van der Waals surface area contributed by atoms with Crippen molar-refractivity contribution >= 4 is 11.9 Å². The summed E-state index contributed by atoms with van der Waals surface area (Å²) in [6.07, 6.45) is 0.563. The number of amides is 1. The Morgan fingerprint density at radius 3 is 2.32 bits per heavy atom. The first-order chi connectivity index (χ1) is 8.81. The number of aryl methyl sites for hydroxylation is 1. The Morgan fingerprint density at radius 1 is 1.21 bits per heavy atom. The Labute approximate surface area is 113 Å². The zero-order chi connectivity index (χ0) is 14.5. The van der Waals surface area contributed by atoms with Crippen LogP contribution < -0.4 is 5.32 Å². The molecule has 0 heterocycles. The van der Waals surface area contributed by atoms with Gasteiger partial charge >= 0.3 is 5.97 Å². The number of carbonyl (C=O) groups excluding carboxylic acids is 1. The standard InChI is InChI=1S/C15H21NO3/c1-11-4-6-12(7-5-11)10-16-13(17)8-9-15(2,3)14(18)19/h4-7H,8-10H2,1-3H3,(H,16,17)(H,18,19). The maximum absolute atomic E-state index is 11.6. The van der Waals surface area contributed by atoms with Crippen LogP contribution in [0.25, 0.3) is 0 Å². The molecule has 0 radical (unpaired) electrons. The smallest absolute Gasteiger partial charge is 0.309 e. The number of nitrogens with one attached hydrogen (secondary N) is 1. The van der Waals surface area contributed by atoms with Gasteiger partial charge in [0.25, 0.3) is 0 Å². The van der Waals surface area contributed by atoms with Gasteiger partial charge in [0, 0.05) is 13.0 Å². The highest BCUT2D eigenvalue weighted by molar-refractivity contribution is 5.78. The number of hydrogen-bond donors (Lipinski definition) is 2. The van der Waals surface area contributed by atoms with Crippen LogP contribution in [0.3, 0.4) is 0 Å². The van der Waals surface area contributed by atoms with Gasteiger partial charge in [-0.15, -0.1) is 0 Å². The van der Waals surface area contributed by atoms with E-state index in [-0.39, 0.29) is 12.3 Å². The maximum atomic E-state index is 11.6. The van der Waals surface area contributed by atoms with Gasteiger partial charge in [-0.25, -0.2) is 0 Å². The highest BCUT2D eigenvalue weighted by Gasteiger charge is 2.27. The van der Waals surface area contributed by atoms with Crippen molar-refractivity contribution in [2.45, 2.75) is 40.2 Å². The van der Waals surface area contributed by atoms with E-state index in [1.165, 1.54) is 5.56 Å². The van der Waals surface area contributed by atoms with Gasteiger partial charge in [0.15, 0.2) is 0 Å². The summed E-state index contributed by atoms with van der Waals surface area (Å²) in [5.74, 6) is -0.992. The number of carboxylic acid groups (broad SMARTS) is 1. The van der Waals surface area contributed by atoms with E-state index in [9.17, 15) is 9.59 Å². The number of carbonyl (C=O) groups is 2. The van der Waals surface area contributed by atoms with E-state index in [4.69, 9.17) is 5.11 Å². The van der Waals surface area contributed by atoms with Gasteiger partial charge < -0.3 is 10.4 Å². The average Bonchev–Trinajstić information content (AvgIpc) is 2.35. The number of aliphatic carboxylic acids is 1. The topological polar surface area (TPSA) is 66.4 Å². The molecule has 1 rings (SSSR count). The third-order valence-electron chi connectivity index (χ3n) is 3.17. The lowest BCUT2D eigenvalue weighted by atomic mass is 9.88. The van der Waals surface area contributed by atoms with Crippen molar-refractivity contribution in [3.8, 4) is 0 Å². The zero-order valence-corrected chi connectivity index (χ0v) is 11.7. The molecule has 19 heavy (non-hydrogen) atoms. The summed E-state index contributed by atoms with van der Waals surface area (Å²) < 4.78 is 0. The van der Waals surface area contributed by atoms with E-state index in [2.05, 4.69) is 5.32 Å². The second kappa shape index (κ2) is 6.36. The maximum Gasteiger partial charge on any atom is 0.309 e. The van der Waals surface area contributed by atoms with Crippen molar-refractivity contribution in [2.24, 2.45) is 5.41 Å². The predicted octanol–water partition coefficient (Wildman–Crippen LogP) is 2.50. The first-order valence-corrected chi connectivity index (χ1v) is 6.37. The monoisotopic (exact) mass is 263 g/mol. The fourth-order valence-corrected chi connectivity index (χ4v) is 1.53. The largest absolute Gasteiger partial charge is 0.481 e. The van der Waals surface area contributed by atoms with Gasteiger partial charge in [0.1, 0.15) is 0 Å². The highest BCUT2D eigenvalue weighted by atomic mass is 16.4. The summed E-state index contributed by atoms with van der Waals surface area (Å²) in [5, 5.41) is 11.8. The predicted molar refractivity (Wildman–Crippen MR) is 73.7 cm³/mol. The van der Waals surface area contributed by atoms with Crippen molar-refractivity contribution in [1.29, 1.82) is 0 Å². The Morgan fingerprint density at radius 2 is 1.79 bits per heavy atom. The van der Waals surface area contributed by atoms with Crippen molar-refractivity contribution in [1.82, 2.24) is 5.32 Å². The lowest BCUT2D eigenvalue weighted by Gasteiger charge is -2.18. The molecular formula is C15H21NO3. The van der Waals surface area contributed by atoms with Crippen molar-refractivity contribution in [2.75, 3.05) is 0 Å². The van der Waals surface area contributed by atoms with Gasteiger partial charge in [-0.2, -0.15) is 0 Å². The number of hydrogen-bond acceptors (Lipinski definition) is 2. The molecule has 104 valence electrons. The Balaban J connectivity index is 2.36. The fourth-order valence-electron chi connectivity index (χ4n) is 1.53. The summed E-state index contributed by atoms with van der Waals surface area (Å²) in [4.78, 5) is 22.6. The molecular weight excluding hydrogens is 242 g/mol. The third-order valence-corrected chi connectivity index (χ3v) is 3.17. The molecule has 0 aromatic heterocycles. The summed E-state index contributed by atoms with van der Waals surface area (Å²) in [6.45, 7) is 5.74. The van der Waals surface area contributed by atoms with Crippen LogP contribution in [0.2, 0.25) is 0 Å². The second-order valence-electron chi connectivity index (χ2n) is 5.45. The molecule has 0 aliphatic carbocycles. The molecule has 0 aliphatic heterocycles. The molecule has 0 aliphatic rings. The van der Waals surface area contributed by atoms with Crippen LogP contribution in [-0.4, -0.2) is 17.0 Å². The third kappa shape index (κ3) is 5.12. The minimum absolute atomic E-state index is 0.116. The molecule has 0 fully saturated rings. The molecule has 0 atom stereocenters. The van der Waals surface area contributed by atoms with Crippen molar-refractivity contribution < 1.29 is 14.7 Å². The van der Waals surface area contributed by atoms with Gasteiger partial charge in [-0.3, -0.25) is 9.59 Å². The van der Waals surface area contributed by atoms with E-state index in [1.54, 1.807) is 13.8 Å². The molecule has 1 amide bonds. The van der Waals surface area contributed by atoms with Crippen LogP contribution in [0.1, 0.15) is 37.8 Å². The lowest BCUT2D eigenvalue weighted by Crippen LogP contribution is -2.28. The minimum atomic E-state index is -0.876. The first-order valence-electron chi connectivity index (χ1n) is 6.37. The molecule has 0 saturated heterocycles. The fraction of sp³-hybridized carbons (Fsp3) is 0.467. The van der Waals surface area contributed by atoms with Crippen LogP contribution in [0.5, 0.6) is 0 Å². The van der Waals surface area contributed by atoms with Crippen LogP contribution in [0, 0.1) is 12.3 Å². The van der Waals surface area contributed by atoms with E-state index in [0.717, 1.165) is 5.56 Å². The molecule has 0 saturated carbocycles. The van der Waals surface area contributed by atoms with Gasteiger partial charge in [-0.1, -0.05) is 29.8 Å². The number of benzene rings is 1. The Kier molecular flexibility index (Phi) is 5.10. The molecule has 1 aromatic rings. The quantitative estimate of drug-likeness (QED) is 0.828. The molecule has 1 aromatic carbocycles. The zero-order valence-electron chi connectivity index (χ0n) is 11.7. The average molecular weight is 263 g/mol. The summed E-state index contributed by atoms with van der Waals surface area (Å²) >= 11 is 0. The van der Waals surface area contributed by atoms with Crippen LogP contribution >= 0.6 is 0 Å². The summed E-state index contributed by atoms with van der Waals surface area (Å²) in [6, 6.07) is 7.93. The molecule has 4 nitrogen and oxygen atoms in total. The van der Waals surface area contributed by atoms with E-state index in [0.29, 0.717) is 13.0 Å². The van der Waals surface area contributed by atoms with E-state index in [1.807, 2.05) is 31.2 Å². The Bertz CT molecular complexity index is 449. The van der Waals surface area contributed by atoms with Crippen molar-refractivity contribution in [3.63, 3.8) is 0 Å². The van der Waals surface area contributed by atoms with E-state index < -0.39 is 11.4 Å². The van der Waals surface area contributed by atoms with Gasteiger partial charge in [0.05, 0.1) is 5.41 Å². The first kappa shape index (κ1) is 15.2. The molecule has 0 spiro atoms. The van der Waals surface area contributed by atoms with Crippen LogP contribution in [0.15, 0.2) is 24.3 Å². The van der Waals surface area contributed by atoms with Gasteiger partial charge in [0.2, 0.25) is 5.91 Å². The minimum Gasteiger partial charge on any atom is -0.481 e. The molecule has 0 bridgehead atoms. The van der Waals surface area contributed by atoms with E-state index >= 15 is 0 Å². The molecule has 0 unspecified atom stereocenters. The van der Waals surface area contributed by atoms with Crippen LogP contribution in [-0.2, 0) is 16.1 Å². The molecule has 2 N–H and O–H groups in total. The summed E-state index contributed by atoms with van der Waals surface area (Å²) in [7, 11) is 0. The normalized spacial score (nSPS) is 11.1.